The summed E-state index contributed by atoms with van der Waals surface area (Å²) in [6.07, 6.45) is 6.54. The Hall–Kier alpha value is -0.540. The van der Waals surface area contributed by atoms with Crippen LogP contribution in [0.4, 0.5) is 0 Å². The highest BCUT2D eigenvalue weighted by molar-refractivity contribution is 9.10. The SMILES string of the molecule is CCNCC1(Cc2cc(Br)cc3c2OCC3)CC2CC2C1. The molecule has 1 aliphatic heterocycles. The molecule has 0 radical (unpaired) electrons. The van der Waals surface area contributed by atoms with E-state index in [0.717, 1.165) is 38.0 Å². The van der Waals surface area contributed by atoms with Gasteiger partial charge in [-0.2, -0.15) is 0 Å². The maximum absolute atomic E-state index is 5.94. The Morgan fingerprint density at radius 3 is 2.90 bits per heavy atom. The molecule has 1 aromatic carbocycles. The first-order valence-electron chi connectivity index (χ1n) is 8.34. The van der Waals surface area contributed by atoms with Crippen LogP contribution in [0.1, 0.15) is 37.3 Å². The monoisotopic (exact) mass is 349 g/mol. The molecule has 0 amide bonds. The van der Waals surface area contributed by atoms with Gasteiger partial charge in [0.05, 0.1) is 6.61 Å². The second-order valence-corrected chi connectivity index (χ2v) is 8.19. The minimum Gasteiger partial charge on any atom is -0.493 e. The third kappa shape index (κ3) is 2.63. The van der Waals surface area contributed by atoms with Crippen molar-refractivity contribution >= 4 is 15.9 Å². The van der Waals surface area contributed by atoms with Gasteiger partial charge in [0.1, 0.15) is 5.75 Å². The zero-order valence-electron chi connectivity index (χ0n) is 12.8. The predicted octanol–water partition coefficient (Wildman–Crippen LogP) is 3.95. The van der Waals surface area contributed by atoms with E-state index in [1.807, 2.05) is 0 Å². The molecule has 0 spiro atoms. The number of hydrogen-bond acceptors (Lipinski definition) is 2. The normalized spacial score (nSPS) is 32.7. The van der Waals surface area contributed by atoms with E-state index < -0.39 is 0 Å². The van der Waals surface area contributed by atoms with E-state index in [-0.39, 0.29) is 0 Å². The number of hydrogen-bond donors (Lipinski definition) is 1. The van der Waals surface area contributed by atoms with Crippen LogP contribution in [-0.2, 0) is 12.8 Å². The lowest BCUT2D eigenvalue weighted by Gasteiger charge is -2.32. The summed E-state index contributed by atoms with van der Waals surface area (Å²) in [6.45, 7) is 5.30. The van der Waals surface area contributed by atoms with E-state index in [0.29, 0.717) is 5.41 Å². The van der Waals surface area contributed by atoms with Crippen LogP contribution in [0.15, 0.2) is 16.6 Å². The molecule has 0 saturated heterocycles. The molecule has 2 aliphatic carbocycles. The van der Waals surface area contributed by atoms with Gasteiger partial charge in [0.25, 0.3) is 0 Å². The van der Waals surface area contributed by atoms with Gasteiger partial charge in [0, 0.05) is 17.4 Å². The molecule has 3 heteroatoms. The van der Waals surface area contributed by atoms with Gasteiger partial charge >= 0.3 is 0 Å². The number of fused-ring (bicyclic) bond motifs is 2. The summed E-state index contributed by atoms with van der Waals surface area (Å²) in [5.74, 6) is 3.23. The first kappa shape index (κ1) is 14.1. The minimum absolute atomic E-state index is 0.462. The fourth-order valence-electron chi connectivity index (χ4n) is 4.63. The van der Waals surface area contributed by atoms with E-state index in [1.54, 1.807) is 0 Å². The summed E-state index contributed by atoms with van der Waals surface area (Å²) >= 11 is 3.68. The van der Waals surface area contributed by atoms with Crippen molar-refractivity contribution in [2.75, 3.05) is 19.7 Å². The van der Waals surface area contributed by atoms with Gasteiger partial charge in [-0.15, -0.1) is 0 Å². The Morgan fingerprint density at radius 2 is 2.14 bits per heavy atom. The molecular weight excluding hydrogens is 326 g/mol. The summed E-state index contributed by atoms with van der Waals surface area (Å²) in [6, 6.07) is 4.52. The van der Waals surface area contributed by atoms with Crippen molar-refractivity contribution in [1.82, 2.24) is 5.32 Å². The van der Waals surface area contributed by atoms with Crippen LogP contribution in [0.25, 0.3) is 0 Å². The quantitative estimate of drug-likeness (QED) is 0.868. The number of benzene rings is 1. The third-order valence-electron chi connectivity index (χ3n) is 5.60. The number of ether oxygens (including phenoxy) is 1. The van der Waals surface area contributed by atoms with Crippen LogP contribution in [0.3, 0.4) is 0 Å². The van der Waals surface area contributed by atoms with E-state index in [2.05, 4.69) is 40.3 Å². The average molecular weight is 350 g/mol. The topological polar surface area (TPSA) is 21.3 Å². The molecule has 0 bridgehead atoms. The molecule has 2 atom stereocenters. The maximum Gasteiger partial charge on any atom is 0.125 e. The predicted molar refractivity (Wildman–Crippen MR) is 88.9 cm³/mol. The van der Waals surface area contributed by atoms with Gasteiger partial charge in [0.15, 0.2) is 0 Å². The molecule has 114 valence electrons. The fraction of sp³-hybridized carbons (Fsp3) is 0.667. The van der Waals surface area contributed by atoms with Crippen LogP contribution in [0.2, 0.25) is 0 Å². The molecule has 1 N–H and O–H groups in total. The van der Waals surface area contributed by atoms with Crippen LogP contribution >= 0.6 is 15.9 Å². The molecule has 1 aromatic rings. The lowest BCUT2D eigenvalue weighted by Crippen LogP contribution is -2.35. The van der Waals surface area contributed by atoms with Crippen molar-refractivity contribution in [2.24, 2.45) is 17.3 Å². The highest BCUT2D eigenvalue weighted by Crippen LogP contribution is 2.61. The Labute approximate surface area is 135 Å². The number of halogens is 1. The molecule has 4 rings (SSSR count). The molecule has 2 fully saturated rings. The lowest BCUT2D eigenvalue weighted by atomic mass is 9.77. The van der Waals surface area contributed by atoms with Crippen molar-refractivity contribution in [3.63, 3.8) is 0 Å². The maximum atomic E-state index is 5.94. The summed E-state index contributed by atoms with van der Waals surface area (Å²) in [5.41, 5.74) is 3.28. The second-order valence-electron chi connectivity index (χ2n) is 7.27. The van der Waals surface area contributed by atoms with Crippen molar-refractivity contribution < 1.29 is 4.74 Å². The fourth-order valence-corrected chi connectivity index (χ4v) is 5.18. The summed E-state index contributed by atoms with van der Waals surface area (Å²) in [7, 11) is 0. The van der Waals surface area contributed by atoms with Crippen molar-refractivity contribution in [3.05, 3.63) is 27.7 Å². The zero-order chi connectivity index (χ0) is 14.4. The number of nitrogens with one attached hydrogen (secondary N) is 1. The van der Waals surface area contributed by atoms with Crippen molar-refractivity contribution in [1.29, 1.82) is 0 Å². The van der Waals surface area contributed by atoms with Gasteiger partial charge in [-0.25, -0.2) is 0 Å². The molecule has 21 heavy (non-hydrogen) atoms. The number of rotatable bonds is 5. The first-order chi connectivity index (χ1) is 10.2. The highest BCUT2D eigenvalue weighted by Gasteiger charge is 2.53. The molecule has 0 aromatic heterocycles. The summed E-state index contributed by atoms with van der Waals surface area (Å²) < 4.78 is 7.15. The smallest absolute Gasteiger partial charge is 0.125 e. The Balaban J connectivity index is 1.61. The van der Waals surface area contributed by atoms with E-state index in [1.165, 1.54) is 47.0 Å². The van der Waals surface area contributed by atoms with Crippen LogP contribution in [0.5, 0.6) is 5.75 Å². The first-order valence-corrected chi connectivity index (χ1v) is 9.13. The van der Waals surface area contributed by atoms with Crippen molar-refractivity contribution in [2.45, 2.75) is 39.0 Å². The van der Waals surface area contributed by atoms with E-state index in [9.17, 15) is 0 Å². The molecule has 3 aliphatic rings. The Morgan fingerprint density at radius 1 is 1.33 bits per heavy atom. The van der Waals surface area contributed by atoms with Gasteiger partial charge < -0.3 is 10.1 Å². The Kier molecular flexibility index (Phi) is 3.54. The van der Waals surface area contributed by atoms with Gasteiger partial charge in [-0.05, 0) is 72.7 Å². The van der Waals surface area contributed by atoms with Crippen LogP contribution < -0.4 is 10.1 Å². The summed E-state index contributed by atoms with van der Waals surface area (Å²) in [4.78, 5) is 0. The van der Waals surface area contributed by atoms with Gasteiger partial charge in [0.2, 0.25) is 0 Å². The third-order valence-corrected chi connectivity index (χ3v) is 6.06. The van der Waals surface area contributed by atoms with E-state index >= 15 is 0 Å². The molecule has 1 heterocycles. The molecular formula is C18H24BrNO. The Bertz CT molecular complexity index is 546. The highest BCUT2D eigenvalue weighted by atomic mass is 79.9. The molecule has 2 saturated carbocycles. The second kappa shape index (κ2) is 5.27. The van der Waals surface area contributed by atoms with Crippen LogP contribution in [-0.4, -0.2) is 19.7 Å². The summed E-state index contributed by atoms with van der Waals surface area (Å²) in [5, 5.41) is 3.62. The zero-order valence-corrected chi connectivity index (χ0v) is 14.3. The lowest BCUT2D eigenvalue weighted by molar-refractivity contribution is 0.246. The standard InChI is InChI=1S/C18H24BrNO/c1-2-20-11-18(8-13-5-14(13)9-18)10-15-7-16(19)6-12-3-4-21-17(12)15/h6-7,13-14,20H,2-5,8-11H2,1H3. The van der Waals surface area contributed by atoms with Crippen molar-refractivity contribution in [3.8, 4) is 5.75 Å². The molecule has 2 nitrogen and oxygen atoms in total. The molecule has 2 unspecified atom stereocenters. The van der Waals surface area contributed by atoms with E-state index in [4.69, 9.17) is 4.74 Å². The van der Waals surface area contributed by atoms with Crippen LogP contribution in [0, 0.1) is 17.3 Å². The largest absolute Gasteiger partial charge is 0.493 e. The van der Waals surface area contributed by atoms with Gasteiger partial charge in [-0.1, -0.05) is 22.9 Å². The average Bonchev–Trinajstić information content (AvgIpc) is 2.89. The van der Waals surface area contributed by atoms with Gasteiger partial charge in [-0.3, -0.25) is 0 Å². The minimum atomic E-state index is 0.462.